The number of pyridine rings is 1. The van der Waals surface area contributed by atoms with Crippen molar-refractivity contribution in [2.75, 3.05) is 13.7 Å². The van der Waals surface area contributed by atoms with Gasteiger partial charge in [0.15, 0.2) is 0 Å². The molecule has 0 unspecified atom stereocenters. The van der Waals surface area contributed by atoms with Crippen molar-refractivity contribution in [1.82, 2.24) is 14.5 Å². The molecule has 3 aromatic heterocycles. The molecule has 7 nitrogen and oxygen atoms in total. The van der Waals surface area contributed by atoms with Crippen LogP contribution in [-0.4, -0.2) is 34.2 Å². The summed E-state index contributed by atoms with van der Waals surface area (Å²) < 4.78 is 13.5. The van der Waals surface area contributed by atoms with Crippen molar-refractivity contribution in [1.29, 1.82) is 5.26 Å². The van der Waals surface area contributed by atoms with Crippen molar-refractivity contribution in [2.45, 2.75) is 71.9 Å². The second kappa shape index (κ2) is 10.8. The molecule has 208 valence electrons. The van der Waals surface area contributed by atoms with E-state index >= 15 is 0 Å². The Morgan fingerprint density at radius 2 is 2.08 bits per heavy atom. The number of benzene rings is 1. The summed E-state index contributed by atoms with van der Waals surface area (Å²) in [4.78, 5) is 21.3. The molecule has 0 spiro atoms. The summed E-state index contributed by atoms with van der Waals surface area (Å²) in [6.07, 6.45) is 4.09. The van der Waals surface area contributed by atoms with Crippen LogP contribution in [0.2, 0.25) is 0 Å². The molecule has 1 saturated carbocycles. The summed E-state index contributed by atoms with van der Waals surface area (Å²) in [6, 6.07) is 13.1. The molecule has 4 aromatic rings. The number of carbonyl (C=O) groups is 1. The third-order valence-corrected chi connectivity index (χ3v) is 8.86. The first kappa shape index (κ1) is 28.0. The number of aryl methyl sites for hydroxylation is 1. The first-order valence-electron chi connectivity index (χ1n) is 13.8. The van der Waals surface area contributed by atoms with E-state index in [1.165, 1.54) is 12.5 Å². The van der Waals surface area contributed by atoms with Gasteiger partial charge in [-0.25, -0.2) is 4.98 Å². The molecule has 1 fully saturated rings. The Morgan fingerprint density at radius 3 is 2.73 bits per heavy atom. The summed E-state index contributed by atoms with van der Waals surface area (Å²) in [5.74, 6) is -0.278. The highest BCUT2D eigenvalue weighted by molar-refractivity contribution is 7.10. The third kappa shape index (κ3) is 5.16. The van der Waals surface area contributed by atoms with Crippen LogP contribution in [0.15, 0.2) is 41.9 Å². The van der Waals surface area contributed by atoms with Gasteiger partial charge in [0.25, 0.3) is 0 Å². The Bertz CT molecular complexity index is 1610. The number of methoxy groups -OCH3 is 1. The first-order chi connectivity index (χ1) is 19.1. The zero-order valence-electron chi connectivity index (χ0n) is 24.1. The number of nitriles is 1. The fourth-order valence-corrected chi connectivity index (χ4v) is 6.44. The molecule has 0 radical (unpaired) electrons. The number of hydrogen-bond donors (Lipinski definition) is 0. The van der Waals surface area contributed by atoms with E-state index in [0.717, 1.165) is 63.5 Å². The lowest BCUT2D eigenvalue weighted by Crippen LogP contribution is -2.24. The van der Waals surface area contributed by atoms with E-state index in [0.29, 0.717) is 13.0 Å². The van der Waals surface area contributed by atoms with Gasteiger partial charge in [0.1, 0.15) is 10.4 Å². The highest BCUT2D eigenvalue weighted by atomic mass is 32.1. The minimum atomic E-state index is -0.396. The van der Waals surface area contributed by atoms with Crippen LogP contribution in [0.1, 0.15) is 69.8 Å². The maximum Gasteiger partial charge on any atom is 0.302 e. The number of carbonyl (C=O) groups excluding carboxylic acids is 1. The molecular weight excluding hydrogens is 520 g/mol. The predicted molar refractivity (Wildman–Crippen MR) is 158 cm³/mol. The molecule has 3 heterocycles. The Hall–Kier alpha value is -3.54. The molecule has 40 heavy (non-hydrogen) atoms. The van der Waals surface area contributed by atoms with Crippen molar-refractivity contribution >= 4 is 28.2 Å². The molecule has 0 N–H and O–H groups in total. The quantitative estimate of drug-likeness (QED) is 0.191. The lowest BCUT2D eigenvalue weighted by Gasteiger charge is -2.25. The van der Waals surface area contributed by atoms with Crippen molar-refractivity contribution in [3.63, 3.8) is 0 Å². The minimum Gasteiger partial charge on any atom is -0.465 e. The van der Waals surface area contributed by atoms with Gasteiger partial charge in [-0.15, -0.1) is 11.3 Å². The highest BCUT2D eigenvalue weighted by Crippen LogP contribution is 2.49. The minimum absolute atomic E-state index is 0.180. The number of esters is 1. The second-order valence-corrected chi connectivity index (χ2v) is 12.3. The highest BCUT2D eigenvalue weighted by Gasteiger charge is 2.47. The molecule has 0 bridgehead atoms. The monoisotopic (exact) mass is 556 g/mol. The number of thiazole rings is 1. The first-order valence-corrected chi connectivity index (χ1v) is 14.6. The van der Waals surface area contributed by atoms with Crippen LogP contribution in [0.4, 0.5) is 0 Å². The van der Waals surface area contributed by atoms with Gasteiger partial charge in [0.05, 0.1) is 35.9 Å². The summed E-state index contributed by atoms with van der Waals surface area (Å²) in [5.41, 5.74) is 6.56. The smallest absolute Gasteiger partial charge is 0.302 e. The topological polar surface area (TPSA) is 90.0 Å². The van der Waals surface area contributed by atoms with Crippen molar-refractivity contribution in [3.05, 3.63) is 58.2 Å². The summed E-state index contributed by atoms with van der Waals surface area (Å²) in [6.45, 7) is 11.0. The molecule has 1 atom stereocenters. The zero-order valence-corrected chi connectivity index (χ0v) is 24.9. The van der Waals surface area contributed by atoms with Gasteiger partial charge in [-0.2, -0.15) is 5.26 Å². The largest absolute Gasteiger partial charge is 0.465 e. The molecule has 0 amide bonds. The van der Waals surface area contributed by atoms with Crippen LogP contribution in [0.5, 0.6) is 0 Å². The number of nitrogens with zero attached hydrogens (tertiary/aromatic N) is 4. The number of hydrogen-bond acceptors (Lipinski definition) is 7. The van der Waals surface area contributed by atoms with Crippen molar-refractivity contribution in [2.24, 2.45) is 5.41 Å². The van der Waals surface area contributed by atoms with Crippen LogP contribution in [0.25, 0.3) is 33.4 Å². The van der Waals surface area contributed by atoms with Gasteiger partial charge in [-0.3, -0.25) is 9.78 Å². The standard InChI is InChI=1S/C32H36N4O3S/c1-7-36-27-11-10-22(26-17-40-30(35-26)32(18-33)12-13-32)15-24(27)25(16-31(4,5)19-39-21(3)37)29(36)23-9-8-14-34-28(23)20(2)38-6/h8-11,14-15,17,20H,7,12-13,16,19H2,1-6H3/t20-/m0/s1. The van der Waals surface area contributed by atoms with E-state index in [-0.39, 0.29) is 17.5 Å². The van der Waals surface area contributed by atoms with Crippen LogP contribution in [0, 0.1) is 16.7 Å². The molecule has 8 heteroatoms. The van der Waals surface area contributed by atoms with Gasteiger partial charge >= 0.3 is 5.97 Å². The molecule has 0 aliphatic heterocycles. The SMILES string of the molecule is CCn1c(-c2cccnc2[C@H](C)OC)c(CC(C)(C)COC(C)=O)c2cc(-c3csc(C4(C#N)CC4)n3)ccc21. The molecule has 1 aliphatic carbocycles. The predicted octanol–water partition coefficient (Wildman–Crippen LogP) is 7.24. The van der Waals surface area contributed by atoms with E-state index in [1.807, 2.05) is 19.2 Å². The van der Waals surface area contributed by atoms with E-state index < -0.39 is 5.41 Å². The fraction of sp³-hybridized carbons (Fsp3) is 0.438. The average Bonchev–Trinajstić information content (AvgIpc) is 3.48. The molecule has 1 aromatic carbocycles. The Labute approximate surface area is 239 Å². The zero-order chi connectivity index (χ0) is 28.7. The van der Waals surface area contributed by atoms with Crippen LogP contribution < -0.4 is 0 Å². The van der Waals surface area contributed by atoms with E-state index in [2.05, 4.69) is 61.1 Å². The lowest BCUT2D eigenvalue weighted by atomic mass is 9.84. The van der Waals surface area contributed by atoms with Gasteiger partial charge in [-0.05, 0) is 62.9 Å². The van der Waals surface area contributed by atoms with Crippen molar-refractivity contribution in [3.8, 4) is 28.6 Å². The number of fused-ring (bicyclic) bond motifs is 1. The summed E-state index contributed by atoms with van der Waals surface area (Å²) >= 11 is 1.58. The maximum absolute atomic E-state index is 11.7. The Balaban J connectivity index is 1.71. The second-order valence-electron chi connectivity index (χ2n) is 11.5. The molecule has 0 saturated heterocycles. The molecular formula is C32H36N4O3S. The van der Waals surface area contributed by atoms with E-state index in [1.54, 1.807) is 18.4 Å². The van der Waals surface area contributed by atoms with E-state index in [4.69, 9.17) is 19.4 Å². The van der Waals surface area contributed by atoms with Gasteiger partial charge in [0.2, 0.25) is 0 Å². The number of rotatable bonds is 10. The van der Waals surface area contributed by atoms with Crippen LogP contribution >= 0.6 is 11.3 Å². The number of aromatic nitrogens is 3. The summed E-state index contributed by atoms with van der Waals surface area (Å²) in [7, 11) is 1.70. The van der Waals surface area contributed by atoms with Gasteiger partial charge in [-0.1, -0.05) is 19.9 Å². The maximum atomic E-state index is 11.7. The van der Waals surface area contributed by atoms with Gasteiger partial charge in [0, 0.05) is 59.6 Å². The lowest BCUT2D eigenvalue weighted by molar-refractivity contribution is -0.143. The van der Waals surface area contributed by atoms with Crippen LogP contribution in [-0.2, 0) is 32.6 Å². The normalized spacial score (nSPS) is 15.1. The number of ether oxygens (including phenoxy) is 2. The summed E-state index contributed by atoms with van der Waals surface area (Å²) in [5, 5.41) is 13.8. The Kier molecular flexibility index (Phi) is 7.56. The van der Waals surface area contributed by atoms with Gasteiger partial charge < -0.3 is 14.0 Å². The molecule has 5 rings (SSSR count). The van der Waals surface area contributed by atoms with Crippen molar-refractivity contribution < 1.29 is 14.3 Å². The molecule has 1 aliphatic rings. The van der Waals surface area contributed by atoms with E-state index in [9.17, 15) is 10.1 Å². The third-order valence-electron chi connectivity index (χ3n) is 7.81. The average molecular weight is 557 g/mol. The fourth-order valence-electron chi connectivity index (χ4n) is 5.40. The van der Waals surface area contributed by atoms with Crippen LogP contribution in [0.3, 0.4) is 0 Å². The Morgan fingerprint density at radius 1 is 1.30 bits per heavy atom.